The van der Waals surface area contributed by atoms with Crippen LogP contribution in [0.25, 0.3) is 0 Å². The van der Waals surface area contributed by atoms with Gasteiger partial charge in [-0.2, -0.15) is 0 Å². The minimum absolute atomic E-state index is 0.215. The molecule has 0 bridgehead atoms. The molecule has 2 amide bonds. The number of anilines is 1. The number of piperidine rings is 1. The topological polar surface area (TPSA) is 67.4 Å². The van der Waals surface area contributed by atoms with Gasteiger partial charge in [0, 0.05) is 6.42 Å². The number of hydrogen-bond donors (Lipinski definition) is 2. The van der Waals surface area contributed by atoms with Crippen molar-refractivity contribution in [3.8, 4) is 5.75 Å². The van der Waals surface area contributed by atoms with Gasteiger partial charge in [0.1, 0.15) is 11.8 Å². The molecule has 1 unspecified atom stereocenters. The molecule has 2 rings (SSSR count). The molecule has 2 N–H and O–H groups in total. The highest BCUT2D eigenvalue weighted by molar-refractivity contribution is 6.01. The normalized spacial score (nSPS) is 19.7. The number of amides is 2. The third-order valence-electron chi connectivity index (χ3n) is 2.68. The lowest BCUT2D eigenvalue weighted by molar-refractivity contribution is -0.133. The van der Waals surface area contributed by atoms with Gasteiger partial charge in [0.25, 0.3) is 0 Å². The third kappa shape index (κ3) is 2.55. The fraction of sp³-hybridized carbons (Fsp3) is 0.333. The van der Waals surface area contributed by atoms with E-state index in [1.54, 1.807) is 7.11 Å². The minimum Gasteiger partial charge on any atom is -0.495 e. The maximum Gasteiger partial charge on any atom is 0.249 e. The average Bonchev–Trinajstić information content (AvgIpc) is 2.33. The van der Waals surface area contributed by atoms with E-state index < -0.39 is 0 Å². The number of imide groups is 1. The van der Waals surface area contributed by atoms with Gasteiger partial charge in [-0.05, 0) is 18.6 Å². The Hall–Kier alpha value is -2.04. The van der Waals surface area contributed by atoms with Gasteiger partial charge in [0.05, 0.1) is 12.8 Å². The lowest BCUT2D eigenvalue weighted by Crippen LogP contribution is -2.47. The first kappa shape index (κ1) is 11.4. The smallest absolute Gasteiger partial charge is 0.249 e. The molecular formula is C12H14N2O3. The van der Waals surface area contributed by atoms with Crippen LogP contribution in [0.1, 0.15) is 12.8 Å². The van der Waals surface area contributed by atoms with Gasteiger partial charge in [-0.15, -0.1) is 0 Å². The molecule has 0 spiro atoms. The molecule has 1 aliphatic rings. The van der Waals surface area contributed by atoms with E-state index in [0.717, 1.165) is 5.69 Å². The first-order chi connectivity index (χ1) is 8.20. The molecule has 1 saturated heterocycles. The van der Waals surface area contributed by atoms with Gasteiger partial charge in [0.2, 0.25) is 11.8 Å². The second-order valence-corrected chi connectivity index (χ2v) is 3.85. The highest BCUT2D eigenvalue weighted by Crippen LogP contribution is 2.25. The molecule has 1 fully saturated rings. The molecule has 5 heteroatoms. The number of benzene rings is 1. The van der Waals surface area contributed by atoms with Crippen molar-refractivity contribution in [2.75, 3.05) is 12.4 Å². The quantitative estimate of drug-likeness (QED) is 0.763. The molecule has 0 aliphatic carbocycles. The van der Waals surface area contributed by atoms with E-state index in [9.17, 15) is 9.59 Å². The standard InChI is InChI=1S/C12H14N2O3/c1-17-10-5-3-2-4-8(10)13-9-6-7-11(15)14-12(9)16/h2-5,9,13H,6-7H2,1H3,(H,14,15,16). The van der Waals surface area contributed by atoms with Crippen molar-refractivity contribution in [3.05, 3.63) is 24.3 Å². The Morgan fingerprint density at radius 2 is 2.12 bits per heavy atom. The van der Waals surface area contributed by atoms with E-state index >= 15 is 0 Å². The van der Waals surface area contributed by atoms with Crippen molar-refractivity contribution in [1.82, 2.24) is 5.32 Å². The molecule has 0 aromatic heterocycles. The summed E-state index contributed by atoms with van der Waals surface area (Å²) in [7, 11) is 1.57. The van der Waals surface area contributed by atoms with Crippen molar-refractivity contribution in [2.45, 2.75) is 18.9 Å². The van der Waals surface area contributed by atoms with E-state index in [0.29, 0.717) is 18.6 Å². The predicted molar refractivity (Wildman–Crippen MR) is 62.8 cm³/mol. The lowest BCUT2D eigenvalue weighted by Gasteiger charge is -2.23. The molecule has 0 saturated carbocycles. The zero-order chi connectivity index (χ0) is 12.3. The number of nitrogens with one attached hydrogen (secondary N) is 2. The van der Waals surface area contributed by atoms with E-state index in [1.165, 1.54) is 0 Å². The Morgan fingerprint density at radius 3 is 2.82 bits per heavy atom. The minimum atomic E-state index is -0.385. The molecule has 0 radical (unpaired) electrons. The fourth-order valence-corrected chi connectivity index (χ4v) is 1.78. The molecule has 1 atom stereocenters. The summed E-state index contributed by atoms with van der Waals surface area (Å²) in [6, 6.07) is 6.98. The van der Waals surface area contributed by atoms with Crippen molar-refractivity contribution in [3.63, 3.8) is 0 Å². The summed E-state index contributed by atoms with van der Waals surface area (Å²) in [6.07, 6.45) is 0.862. The Bertz CT molecular complexity index is 445. The maximum absolute atomic E-state index is 11.6. The largest absolute Gasteiger partial charge is 0.495 e. The van der Waals surface area contributed by atoms with Crippen LogP contribution in [0, 0.1) is 0 Å². The van der Waals surface area contributed by atoms with Gasteiger partial charge in [-0.25, -0.2) is 0 Å². The van der Waals surface area contributed by atoms with Crippen molar-refractivity contribution in [1.29, 1.82) is 0 Å². The summed E-state index contributed by atoms with van der Waals surface area (Å²) >= 11 is 0. The predicted octanol–water partition coefficient (Wildman–Crippen LogP) is 0.912. The van der Waals surface area contributed by atoms with Crippen LogP contribution < -0.4 is 15.4 Å². The molecule has 90 valence electrons. The second-order valence-electron chi connectivity index (χ2n) is 3.85. The summed E-state index contributed by atoms with van der Waals surface area (Å²) in [6.45, 7) is 0. The molecule has 1 aromatic rings. The number of methoxy groups -OCH3 is 1. The molecule has 1 aliphatic heterocycles. The van der Waals surface area contributed by atoms with Crippen LogP contribution in [0.2, 0.25) is 0 Å². The van der Waals surface area contributed by atoms with Gasteiger partial charge < -0.3 is 10.1 Å². The zero-order valence-corrected chi connectivity index (χ0v) is 9.53. The van der Waals surface area contributed by atoms with Crippen LogP contribution in [0.15, 0.2) is 24.3 Å². The molecule has 1 aromatic carbocycles. The molecular weight excluding hydrogens is 220 g/mol. The second kappa shape index (κ2) is 4.86. The molecule has 17 heavy (non-hydrogen) atoms. The Labute approximate surface area is 99.2 Å². The zero-order valence-electron chi connectivity index (χ0n) is 9.53. The summed E-state index contributed by atoms with van der Waals surface area (Å²) in [4.78, 5) is 22.6. The van der Waals surface area contributed by atoms with Crippen LogP contribution in [-0.4, -0.2) is 25.0 Å². The number of para-hydroxylation sites is 2. The van der Waals surface area contributed by atoms with Gasteiger partial charge in [-0.1, -0.05) is 12.1 Å². The van der Waals surface area contributed by atoms with E-state index in [-0.39, 0.29) is 17.9 Å². The molecule has 1 heterocycles. The summed E-state index contributed by atoms with van der Waals surface area (Å²) in [5.74, 6) is 0.178. The monoisotopic (exact) mass is 234 g/mol. The van der Waals surface area contributed by atoms with Crippen LogP contribution in [0.3, 0.4) is 0 Å². The van der Waals surface area contributed by atoms with E-state index in [4.69, 9.17) is 4.74 Å². The first-order valence-electron chi connectivity index (χ1n) is 5.44. The van der Waals surface area contributed by atoms with Crippen LogP contribution in [0.4, 0.5) is 5.69 Å². The number of hydrogen-bond acceptors (Lipinski definition) is 4. The number of ether oxygens (including phenoxy) is 1. The average molecular weight is 234 g/mol. The number of carbonyl (C=O) groups excluding carboxylic acids is 2. The van der Waals surface area contributed by atoms with E-state index in [2.05, 4.69) is 10.6 Å². The summed E-state index contributed by atoms with van der Waals surface area (Å²) in [5, 5.41) is 5.39. The summed E-state index contributed by atoms with van der Waals surface area (Å²) < 4.78 is 5.18. The van der Waals surface area contributed by atoms with Gasteiger partial charge in [0.15, 0.2) is 0 Å². The number of rotatable bonds is 3. The van der Waals surface area contributed by atoms with Crippen LogP contribution in [-0.2, 0) is 9.59 Å². The SMILES string of the molecule is COc1ccccc1NC1CCC(=O)NC1=O. The Morgan fingerprint density at radius 1 is 1.35 bits per heavy atom. The Kier molecular flexibility index (Phi) is 3.27. The Balaban J connectivity index is 2.10. The first-order valence-corrected chi connectivity index (χ1v) is 5.44. The highest BCUT2D eigenvalue weighted by atomic mass is 16.5. The van der Waals surface area contributed by atoms with Crippen LogP contribution in [0.5, 0.6) is 5.75 Å². The fourth-order valence-electron chi connectivity index (χ4n) is 1.78. The van der Waals surface area contributed by atoms with Crippen molar-refractivity contribution < 1.29 is 14.3 Å². The van der Waals surface area contributed by atoms with Crippen molar-refractivity contribution in [2.24, 2.45) is 0 Å². The highest BCUT2D eigenvalue weighted by Gasteiger charge is 2.26. The summed E-state index contributed by atoms with van der Waals surface area (Å²) in [5.41, 5.74) is 0.754. The lowest BCUT2D eigenvalue weighted by atomic mass is 10.1. The maximum atomic E-state index is 11.6. The van der Waals surface area contributed by atoms with Gasteiger partial charge in [-0.3, -0.25) is 14.9 Å². The van der Waals surface area contributed by atoms with Crippen molar-refractivity contribution >= 4 is 17.5 Å². The third-order valence-corrected chi connectivity index (χ3v) is 2.68. The van der Waals surface area contributed by atoms with E-state index in [1.807, 2.05) is 24.3 Å². The number of carbonyl (C=O) groups is 2. The van der Waals surface area contributed by atoms with Crippen LogP contribution >= 0.6 is 0 Å². The molecule has 5 nitrogen and oxygen atoms in total. The van der Waals surface area contributed by atoms with Gasteiger partial charge >= 0.3 is 0 Å².